The van der Waals surface area contributed by atoms with E-state index in [0.29, 0.717) is 45.7 Å². The van der Waals surface area contributed by atoms with Crippen LogP contribution in [0.5, 0.6) is 0 Å². The first-order chi connectivity index (χ1) is 12.5. The molecule has 2 aromatic heterocycles. The molecule has 2 aromatic rings. The number of pyridine rings is 1. The van der Waals surface area contributed by atoms with Crippen molar-refractivity contribution < 1.29 is 14.7 Å². The number of amides is 1. The van der Waals surface area contributed by atoms with Crippen LogP contribution in [-0.2, 0) is 11.2 Å². The largest absolute Gasteiger partial charge is 0.506 e. The molecule has 8 heteroatoms. The van der Waals surface area contributed by atoms with E-state index in [1.54, 1.807) is 12.1 Å². The highest BCUT2D eigenvalue weighted by Crippen LogP contribution is 2.37. The number of rotatable bonds is 5. The molecule has 7 nitrogen and oxygen atoms in total. The summed E-state index contributed by atoms with van der Waals surface area (Å²) in [4.78, 5) is 33.1. The summed E-state index contributed by atoms with van der Waals surface area (Å²) in [5.41, 5.74) is 1.51. The minimum Gasteiger partial charge on any atom is -0.506 e. The summed E-state index contributed by atoms with van der Waals surface area (Å²) in [6.07, 6.45) is 4.80. The van der Waals surface area contributed by atoms with E-state index in [4.69, 9.17) is 0 Å². The topological polar surface area (TPSA) is 104 Å². The molecule has 0 spiro atoms. The zero-order valence-electron chi connectivity index (χ0n) is 14.2. The fourth-order valence-corrected chi connectivity index (χ4v) is 3.88. The monoisotopic (exact) mass is 370 g/mol. The van der Waals surface area contributed by atoms with Crippen LogP contribution in [0.4, 0.5) is 10.9 Å². The molecule has 0 bridgehead atoms. The van der Waals surface area contributed by atoms with E-state index in [1.165, 1.54) is 24.5 Å². The lowest BCUT2D eigenvalue weighted by atomic mass is 9.93. The van der Waals surface area contributed by atoms with Crippen LogP contribution in [-0.4, -0.2) is 32.8 Å². The molecule has 1 saturated carbocycles. The Balaban J connectivity index is 1.57. The number of fused-ring (bicyclic) bond motifs is 1. The zero-order chi connectivity index (χ0) is 18.3. The van der Waals surface area contributed by atoms with E-state index in [2.05, 4.69) is 20.6 Å². The SMILES string of the molecule is CC(=O)Nc1nc2c(s1)C(O)=C(C(=O)c1ccc(NC3CC3)nc1)CC2. The number of ketones is 1. The standard InChI is InChI=1S/C18H18N4O3S/c1-9(23)20-18-22-13-6-5-12(16(25)17(13)26-18)15(24)10-2-7-14(19-8-10)21-11-3-4-11/h2,7-8,11,25H,3-6H2,1H3,(H,19,21)(H,20,22,23). The number of aromatic nitrogens is 2. The predicted molar refractivity (Wildman–Crippen MR) is 99.5 cm³/mol. The van der Waals surface area contributed by atoms with Gasteiger partial charge < -0.3 is 15.7 Å². The molecule has 0 saturated heterocycles. The number of thiazole rings is 1. The smallest absolute Gasteiger partial charge is 0.223 e. The van der Waals surface area contributed by atoms with E-state index >= 15 is 0 Å². The molecule has 0 radical (unpaired) electrons. The minimum atomic E-state index is -0.229. The number of nitrogens with zero attached hydrogens (tertiary/aromatic N) is 2. The second-order valence-electron chi connectivity index (χ2n) is 6.48. The van der Waals surface area contributed by atoms with Crippen molar-refractivity contribution in [2.24, 2.45) is 0 Å². The second-order valence-corrected chi connectivity index (χ2v) is 7.48. The normalized spacial score (nSPS) is 16.2. The first-order valence-corrected chi connectivity index (χ1v) is 9.30. The molecule has 0 aliphatic heterocycles. The van der Waals surface area contributed by atoms with Gasteiger partial charge in [-0.3, -0.25) is 9.59 Å². The first kappa shape index (κ1) is 16.7. The average molecular weight is 370 g/mol. The summed E-state index contributed by atoms with van der Waals surface area (Å²) in [6, 6.07) is 4.02. The number of Topliss-reactive ketones (excluding diaryl/α,β-unsaturated/α-hetero) is 1. The quantitative estimate of drug-likeness (QED) is 0.699. The van der Waals surface area contributed by atoms with Crippen molar-refractivity contribution in [2.45, 2.75) is 38.6 Å². The third-order valence-corrected chi connectivity index (χ3v) is 5.34. The van der Waals surface area contributed by atoms with E-state index in [9.17, 15) is 14.7 Å². The van der Waals surface area contributed by atoms with Crippen molar-refractivity contribution in [3.8, 4) is 0 Å². The molecule has 134 valence electrons. The summed E-state index contributed by atoms with van der Waals surface area (Å²) < 4.78 is 0. The number of nitrogens with one attached hydrogen (secondary N) is 2. The Kier molecular flexibility index (Phi) is 4.20. The van der Waals surface area contributed by atoms with Crippen LogP contribution in [0.25, 0.3) is 5.76 Å². The summed E-state index contributed by atoms with van der Waals surface area (Å²) in [7, 11) is 0. The van der Waals surface area contributed by atoms with Crippen LogP contribution in [0.3, 0.4) is 0 Å². The van der Waals surface area contributed by atoms with Gasteiger partial charge in [0.25, 0.3) is 0 Å². The van der Waals surface area contributed by atoms with Gasteiger partial charge in [-0.25, -0.2) is 9.97 Å². The fraction of sp³-hybridized carbons (Fsp3) is 0.333. The number of hydrogen-bond donors (Lipinski definition) is 3. The third kappa shape index (κ3) is 3.32. The molecule has 0 atom stereocenters. The van der Waals surface area contributed by atoms with E-state index in [-0.39, 0.29) is 17.4 Å². The molecule has 0 aromatic carbocycles. The van der Waals surface area contributed by atoms with Gasteiger partial charge in [0, 0.05) is 30.3 Å². The van der Waals surface area contributed by atoms with Gasteiger partial charge in [-0.15, -0.1) is 0 Å². The Morgan fingerprint density at radius 3 is 2.73 bits per heavy atom. The molecule has 2 heterocycles. The van der Waals surface area contributed by atoms with Crippen molar-refractivity contribution in [1.29, 1.82) is 0 Å². The number of aliphatic hydroxyl groups excluding tert-OH is 1. The molecule has 26 heavy (non-hydrogen) atoms. The molecule has 1 fully saturated rings. The van der Waals surface area contributed by atoms with Crippen LogP contribution in [0.15, 0.2) is 23.9 Å². The fourth-order valence-electron chi connectivity index (χ4n) is 2.85. The molecule has 3 N–H and O–H groups in total. The van der Waals surface area contributed by atoms with Crippen LogP contribution >= 0.6 is 11.3 Å². The third-order valence-electron chi connectivity index (χ3n) is 4.32. The van der Waals surface area contributed by atoms with Crippen molar-refractivity contribution in [1.82, 2.24) is 9.97 Å². The molecular formula is C18H18N4O3S. The van der Waals surface area contributed by atoms with Gasteiger partial charge in [-0.1, -0.05) is 11.3 Å². The Hall–Kier alpha value is -2.74. The zero-order valence-corrected chi connectivity index (χ0v) is 15.0. The van der Waals surface area contributed by atoms with E-state index < -0.39 is 0 Å². The Labute approximate surface area is 154 Å². The van der Waals surface area contributed by atoms with E-state index in [1.807, 2.05) is 0 Å². The number of aryl methyl sites for hydroxylation is 1. The molecule has 0 unspecified atom stereocenters. The van der Waals surface area contributed by atoms with Crippen LogP contribution in [0, 0.1) is 0 Å². The van der Waals surface area contributed by atoms with Gasteiger partial charge in [0.15, 0.2) is 10.9 Å². The van der Waals surface area contributed by atoms with Gasteiger partial charge in [-0.05, 0) is 37.8 Å². The first-order valence-electron chi connectivity index (χ1n) is 8.48. The number of anilines is 2. The minimum absolute atomic E-state index is 0.0504. The van der Waals surface area contributed by atoms with Gasteiger partial charge in [0.05, 0.1) is 10.6 Å². The molecule has 2 aliphatic carbocycles. The highest BCUT2D eigenvalue weighted by Gasteiger charge is 2.28. The highest BCUT2D eigenvalue weighted by atomic mass is 32.1. The number of allylic oxidation sites excluding steroid dienone is 1. The van der Waals surface area contributed by atoms with Gasteiger partial charge >= 0.3 is 0 Å². The maximum Gasteiger partial charge on any atom is 0.223 e. The van der Waals surface area contributed by atoms with Crippen molar-refractivity contribution in [3.05, 3.63) is 40.0 Å². The summed E-state index contributed by atoms with van der Waals surface area (Å²) >= 11 is 1.18. The van der Waals surface area contributed by atoms with Crippen LogP contribution in [0.2, 0.25) is 0 Å². The van der Waals surface area contributed by atoms with Crippen LogP contribution in [0.1, 0.15) is 47.1 Å². The Bertz CT molecular complexity index is 913. The second kappa shape index (κ2) is 6.53. The lowest BCUT2D eigenvalue weighted by Gasteiger charge is -2.14. The number of hydrogen-bond acceptors (Lipinski definition) is 7. The molecule has 2 aliphatic rings. The molecule has 1 amide bonds. The average Bonchev–Trinajstić information content (AvgIpc) is 3.32. The van der Waals surface area contributed by atoms with Gasteiger partial charge in [0.1, 0.15) is 11.6 Å². The number of aliphatic hydroxyl groups is 1. The Morgan fingerprint density at radius 2 is 2.08 bits per heavy atom. The molecular weight excluding hydrogens is 352 g/mol. The maximum absolute atomic E-state index is 12.8. The highest BCUT2D eigenvalue weighted by molar-refractivity contribution is 7.16. The lowest BCUT2D eigenvalue weighted by Crippen LogP contribution is -2.13. The van der Waals surface area contributed by atoms with Gasteiger partial charge in [-0.2, -0.15) is 0 Å². The van der Waals surface area contributed by atoms with E-state index in [0.717, 1.165) is 18.7 Å². The Morgan fingerprint density at radius 1 is 1.27 bits per heavy atom. The summed E-state index contributed by atoms with van der Waals surface area (Å²) in [5, 5.41) is 16.9. The van der Waals surface area contributed by atoms with Crippen molar-refractivity contribution in [3.63, 3.8) is 0 Å². The maximum atomic E-state index is 12.8. The van der Waals surface area contributed by atoms with Crippen molar-refractivity contribution in [2.75, 3.05) is 10.6 Å². The summed E-state index contributed by atoms with van der Waals surface area (Å²) in [6.45, 7) is 1.40. The van der Waals surface area contributed by atoms with Gasteiger partial charge in [0.2, 0.25) is 5.91 Å². The number of carbonyl (C=O) groups excluding carboxylic acids is 2. The predicted octanol–water partition coefficient (Wildman–Crippen LogP) is 3.17. The van der Waals surface area contributed by atoms with Crippen molar-refractivity contribution >= 4 is 39.7 Å². The van der Waals surface area contributed by atoms with Crippen LogP contribution < -0.4 is 10.6 Å². The summed E-state index contributed by atoms with van der Waals surface area (Å²) in [5.74, 6) is 0.260. The molecule has 4 rings (SSSR count). The lowest BCUT2D eigenvalue weighted by molar-refractivity contribution is -0.114. The number of carbonyl (C=O) groups is 2.